The Morgan fingerprint density at radius 1 is 1.43 bits per heavy atom. The second-order valence-electron chi connectivity index (χ2n) is 3.51. The van der Waals surface area contributed by atoms with Crippen LogP contribution in [-0.4, -0.2) is 32.7 Å². The molecule has 1 aliphatic rings. The van der Waals surface area contributed by atoms with Gasteiger partial charge < -0.3 is 14.3 Å². The van der Waals surface area contributed by atoms with Crippen LogP contribution in [0.1, 0.15) is 6.92 Å². The van der Waals surface area contributed by atoms with Crippen LogP contribution in [0.15, 0.2) is 24.3 Å². The lowest BCUT2D eigenvalue weighted by Crippen LogP contribution is -2.35. The van der Waals surface area contributed by atoms with E-state index in [1.807, 2.05) is 31.2 Å². The summed E-state index contributed by atoms with van der Waals surface area (Å²) >= 11 is 0. The van der Waals surface area contributed by atoms with Crippen LogP contribution in [0.5, 0.6) is 0 Å². The monoisotopic (exact) mass is 196 g/mol. The van der Waals surface area contributed by atoms with Gasteiger partial charge in [0, 0.05) is 7.11 Å². The first-order valence-electron chi connectivity index (χ1n) is 4.66. The Balaban J connectivity index is 2.53. The Kier molecular flexibility index (Phi) is 4.04. The Morgan fingerprint density at radius 2 is 2.21 bits per heavy atom. The van der Waals surface area contributed by atoms with E-state index < -0.39 is 5.41 Å². The molecule has 2 atom stereocenters. The first-order valence-corrected chi connectivity index (χ1v) is 4.66. The molecule has 0 aromatic carbocycles. The van der Waals surface area contributed by atoms with Crippen LogP contribution in [0.3, 0.4) is 0 Å². The van der Waals surface area contributed by atoms with Gasteiger partial charge in [0.05, 0.1) is 24.7 Å². The van der Waals surface area contributed by atoms with Crippen molar-refractivity contribution in [3.63, 3.8) is 0 Å². The van der Waals surface area contributed by atoms with Gasteiger partial charge in [-0.1, -0.05) is 24.3 Å². The average molecular weight is 196 g/mol. The number of methoxy groups -OCH3 is 1. The summed E-state index contributed by atoms with van der Waals surface area (Å²) < 4.78 is 10.4. The van der Waals surface area contributed by atoms with E-state index in [0.29, 0.717) is 13.2 Å². The largest absolute Gasteiger partial charge is 0.382 e. The molecule has 0 heterocycles. The Labute approximate surface area is 84.4 Å². The van der Waals surface area contributed by atoms with Crippen molar-refractivity contribution >= 4 is 6.29 Å². The highest BCUT2D eigenvalue weighted by molar-refractivity contribution is 5.65. The van der Waals surface area contributed by atoms with E-state index in [4.69, 9.17) is 9.47 Å². The Hall–Kier alpha value is -0.930. The fourth-order valence-electron chi connectivity index (χ4n) is 1.33. The second kappa shape index (κ2) is 5.08. The van der Waals surface area contributed by atoms with Crippen molar-refractivity contribution in [2.75, 3.05) is 20.3 Å². The number of hydrogen-bond acceptors (Lipinski definition) is 3. The highest BCUT2D eigenvalue weighted by Gasteiger charge is 2.31. The van der Waals surface area contributed by atoms with Crippen LogP contribution in [0, 0.1) is 5.41 Å². The van der Waals surface area contributed by atoms with Gasteiger partial charge in [0.1, 0.15) is 6.29 Å². The lowest BCUT2D eigenvalue weighted by Gasteiger charge is -2.29. The molecule has 0 aliphatic heterocycles. The summed E-state index contributed by atoms with van der Waals surface area (Å²) in [5.74, 6) is 0. The van der Waals surface area contributed by atoms with Crippen LogP contribution in [-0.2, 0) is 14.3 Å². The molecule has 0 N–H and O–H groups in total. The highest BCUT2D eigenvalue weighted by atomic mass is 16.5. The highest BCUT2D eigenvalue weighted by Crippen LogP contribution is 2.27. The van der Waals surface area contributed by atoms with E-state index >= 15 is 0 Å². The molecule has 78 valence electrons. The molecule has 0 spiro atoms. The lowest BCUT2D eigenvalue weighted by atomic mass is 9.82. The molecule has 3 nitrogen and oxygen atoms in total. The molecule has 0 aromatic heterocycles. The minimum atomic E-state index is -0.539. The maximum absolute atomic E-state index is 10.9. The molecule has 0 saturated carbocycles. The molecule has 0 aromatic rings. The van der Waals surface area contributed by atoms with Crippen LogP contribution >= 0.6 is 0 Å². The van der Waals surface area contributed by atoms with E-state index in [1.54, 1.807) is 7.11 Å². The molecule has 0 fully saturated rings. The minimum absolute atomic E-state index is 0.180. The summed E-state index contributed by atoms with van der Waals surface area (Å²) in [6.07, 6.45) is 8.25. The molecule has 1 rings (SSSR count). The van der Waals surface area contributed by atoms with E-state index in [0.717, 1.165) is 6.29 Å². The van der Waals surface area contributed by atoms with Gasteiger partial charge in [-0.25, -0.2) is 0 Å². The summed E-state index contributed by atoms with van der Waals surface area (Å²) in [6.45, 7) is 2.91. The molecule has 0 saturated heterocycles. The molecule has 3 heteroatoms. The summed E-state index contributed by atoms with van der Waals surface area (Å²) in [6, 6.07) is 0. The topological polar surface area (TPSA) is 35.5 Å². The third-order valence-corrected chi connectivity index (χ3v) is 2.30. The van der Waals surface area contributed by atoms with Crippen molar-refractivity contribution < 1.29 is 14.3 Å². The summed E-state index contributed by atoms with van der Waals surface area (Å²) in [4.78, 5) is 10.9. The quantitative estimate of drug-likeness (QED) is 0.492. The fraction of sp³-hybridized carbons (Fsp3) is 0.545. The van der Waals surface area contributed by atoms with E-state index in [2.05, 4.69) is 0 Å². The van der Waals surface area contributed by atoms with E-state index in [1.165, 1.54) is 0 Å². The maximum Gasteiger partial charge on any atom is 0.132 e. The van der Waals surface area contributed by atoms with Gasteiger partial charge in [-0.3, -0.25) is 0 Å². The molecular formula is C11H16O3. The predicted octanol–water partition coefficient (Wildman–Crippen LogP) is 1.35. The van der Waals surface area contributed by atoms with Crippen LogP contribution in [0.25, 0.3) is 0 Å². The van der Waals surface area contributed by atoms with Crippen molar-refractivity contribution in [3.05, 3.63) is 24.3 Å². The van der Waals surface area contributed by atoms with Crippen molar-refractivity contribution in [3.8, 4) is 0 Å². The van der Waals surface area contributed by atoms with Gasteiger partial charge in [-0.2, -0.15) is 0 Å². The number of carbonyl (C=O) groups excluding carboxylic acids is 1. The van der Waals surface area contributed by atoms with Crippen molar-refractivity contribution in [2.24, 2.45) is 5.41 Å². The van der Waals surface area contributed by atoms with Crippen molar-refractivity contribution in [2.45, 2.75) is 13.0 Å². The summed E-state index contributed by atoms with van der Waals surface area (Å²) in [5.41, 5.74) is -0.539. The molecule has 0 radical (unpaired) electrons. The smallest absolute Gasteiger partial charge is 0.132 e. The zero-order valence-corrected chi connectivity index (χ0v) is 8.60. The van der Waals surface area contributed by atoms with Gasteiger partial charge in [0.25, 0.3) is 0 Å². The van der Waals surface area contributed by atoms with Gasteiger partial charge >= 0.3 is 0 Å². The van der Waals surface area contributed by atoms with Crippen LogP contribution in [0.4, 0.5) is 0 Å². The van der Waals surface area contributed by atoms with Crippen molar-refractivity contribution in [1.82, 2.24) is 0 Å². The number of ether oxygens (including phenoxy) is 2. The molecule has 0 amide bonds. The predicted molar refractivity (Wildman–Crippen MR) is 54.1 cm³/mol. The van der Waals surface area contributed by atoms with E-state index in [-0.39, 0.29) is 6.10 Å². The zero-order chi connectivity index (χ0) is 10.4. The maximum atomic E-state index is 10.9. The van der Waals surface area contributed by atoms with Crippen LogP contribution in [0.2, 0.25) is 0 Å². The normalized spacial score (nSPS) is 30.6. The van der Waals surface area contributed by atoms with Gasteiger partial charge in [-0.15, -0.1) is 0 Å². The number of carbonyl (C=O) groups is 1. The Bertz CT molecular complexity index is 245. The summed E-state index contributed by atoms with van der Waals surface area (Å²) in [7, 11) is 1.62. The first kappa shape index (κ1) is 11.1. The van der Waals surface area contributed by atoms with Gasteiger partial charge in [-0.05, 0) is 6.92 Å². The molecule has 0 bridgehead atoms. The minimum Gasteiger partial charge on any atom is -0.382 e. The van der Waals surface area contributed by atoms with Crippen LogP contribution < -0.4 is 0 Å². The third-order valence-electron chi connectivity index (χ3n) is 2.30. The number of hydrogen-bond donors (Lipinski definition) is 0. The lowest BCUT2D eigenvalue weighted by molar-refractivity contribution is -0.119. The average Bonchev–Trinajstić information content (AvgIpc) is 2.21. The number of rotatable bonds is 5. The third kappa shape index (κ3) is 2.53. The van der Waals surface area contributed by atoms with Gasteiger partial charge in [0.2, 0.25) is 0 Å². The van der Waals surface area contributed by atoms with Crippen molar-refractivity contribution in [1.29, 1.82) is 0 Å². The Morgan fingerprint density at radius 3 is 2.86 bits per heavy atom. The standard InChI is InChI=1S/C11H16O3/c1-11(9-12)6-4-3-5-10(11)14-8-7-13-2/h3-6,9-10H,7-8H2,1-2H3. The molecule has 2 unspecified atom stereocenters. The SMILES string of the molecule is COCCOC1C=CC=CC1(C)C=O. The second-order valence-corrected chi connectivity index (χ2v) is 3.51. The molecular weight excluding hydrogens is 180 g/mol. The zero-order valence-electron chi connectivity index (χ0n) is 8.60. The molecule has 14 heavy (non-hydrogen) atoms. The first-order chi connectivity index (χ1) is 6.73. The molecule has 1 aliphatic carbocycles. The fourth-order valence-corrected chi connectivity index (χ4v) is 1.33. The van der Waals surface area contributed by atoms with E-state index in [9.17, 15) is 4.79 Å². The number of aldehydes is 1. The summed E-state index contributed by atoms with van der Waals surface area (Å²) in [5, 5.41) is 0. The van der Waals surface area contributed by atoms with Gasteiger partial charge in [0.15, 0.2) is 0 Å². The number of allylic oxidation sites excluding steroid dienone is 2.